The van der Waals surface area contributed by atoms with Crippen LogP contribution in [-0.2, 0) is 0 Å². The molecule has 0 N–H and O–H groups in total. The number of carbonyl (C=O) groups is 1. The van der Waals surface area contributed by atoms with Gasteiger partial charge in [0.15, 0.2) is 0 Å². The number of amides is 1. The third-order valence-corrected chi connectivity index (χ3v) is 5.96. The number of rotatable bonds is 3. The molecule has 1 fully saturated rings. The average molecular weight is 390 g/mol. The number of furan rings is 1. The first-order valence-electron chi connectivity index (χ1n) is 9.15. The van der Waals surface area contributed by atoms with E-state index in [0.717, 1.165) is 34.7 Å². The van der Waals surface area contributed by atoms with Gasteiger partial charge >= 0.3 is 0 Å². The number of aromatic nitrogens is 2. The minimum atomic E-state index is 0.0155. The van der Waals surface area contributed by atoms with Crippen LogP contribution >= 0.6 is 11.3 Å². The van der Waals surface area contributed by atoms with Gasteiger partial charge in [-0.25, -0.2) is 9.97 Å². The summed E-state index contributed by atoms with van der Waals surface area (Å²) in [6.45, 7) is 2.78. The van der Waals surface area contributed by atoms with Crippen molar-refractivity contribution in [3.05, 3.63) is 66.2 Å². The van der Waals surface area contributed by atoms with E-state index in [1.165, 1.54) is 18.1 Å². The Labute approximate surface area is 166 Å². The van der Waals surface area contributed by atoms with Crippen molar-refractivity contribution in [2.24, 2.45) is 0 Å². The molecule has 1 aliphatic heterocycles. The van der Waals surface area contributed by atoms with Gasteiger partial charge in [-0.15, -0.1) is 11.3 Å². The summed E-state index contributed by atoms with van der Waals surface area (Å²) < 4.78 is 5.04. The molecule has 6 nitrogen and oxygen atoms in total. The van der Waals surface area contributed by atoms with Crippen molar-refractivity contribution in [3.8, 4) is 11.1 Å². The van der Waals surface area contributed by atoms with Crippen molar-refractivity contribution < 1.29 is 9.21 Å². The lowest BCUT2D eigenvalue weighted by atomic mass is 10.1. The Hall–Kier alpha value is -3.19. The number of carbonyl (C=O) groups excluding carboxylic acids is 1. The van der Waals surface area contributed by atoms with Gasteiger partial charge in [0.2, 0.25) is 0 Å². The second-order valence-corrected chi connectivity index (χ2v) is 7.54. The number of anilines is 1. The van der Waals surface area contributed by atoms with Gasteiger partial charge in [-0.1, -0.05) is 30.3 Å². The van der Waals surface area contributed by atoms with Crippen LogP contribution in [0.2, 0.25) is 0 Å². The topological polar surface area (TPSA) is 62.5 Å². The van der Waals surface area contributed by atoms with E-state index in [-0.39, 0.29) is 5.91 Å². The predicted octanol–water partition coefficient (Wildman–Crippen LogP) is 3.91. The van der Waals surface area contributed by atoms with Gasteiger partial charge in [0.05, 0.1) is 17.2 Å². The van der Waals surface area contributed by atoms with Crippen LogP contribution in [0.5, 0.6) is 0 Å². The molecule has 1 amide bonds. The number of hydrogen-bond acceptors (Lipinski definition) is 6. The molecule has 1 aromatic carbocycles. The molecule has 5 rings (SSSR count). The molecule has 0 atom stereocenters. The number of benzene rings is 1. The Morgan fingerprint density at radius 3 is 2.61 bits per heavy atom. The van der Waals surface area contributed by atoms with E-state index in [1.807, 2.05) is 23.1 Å². The Balaban J connectivity index is 1.43. The lowest BCUT2D eigenvalue weighted by molar-refractivity contribution is 0.0746. The summed E-state index contributed by atoms with van der Waals surface area (Å²) in [5, 5.41) is 3.24. The van der Waals surface area contributed by atoms with Crippen molar-refractivity contribution in [2.75, 3.05) is 31.1 Å². The molecule has 0 aliphatic carbocycles. The van der Waals surface area contributed by atoms with E-state index in [9.17, 15) is 4.79 Å². The van der Waals surface area contributed by atoms with Gasteiger partial charge in [0, 0.05) is 37.1 Å². The zero-order chi connectivity index (χ0) is 18.9. The van der Waals surface area contributed by atoms with Crippen LogP contribution in [0.4, 0.5) is 5.82 Å². The fraction of sp³-hybridized carbons (Fsp3) is 0.190. The molecule has 4 aromatic rings. The maximum Gasteiger partial charge on any atom is 0.257 e. The standard InChI is InChI=1S/C21H18N4O2S/c26-21(16-6-11-27-12-16)25-9-7-24(8-10-25)19-18-17(15-4-2-1-3-5-15)13-28-20(18)23-14-22-19/h1-6,11-14H,7-10H2. The highest BCUT2D eigenvalue weighted by molar-refractivity contribution is 7.17. The fourth-order valence-corrected chi connectivity index (χ4v) is 4.53. The Bertz CT molecular complexity index is 1100. The summed E-state index contributed by atoms with van der Waals surface area (Å²) in [4.78, 5) is 26.7. The lowest BCUT2D eigenvalue weighted by Gasteiger charge is -2.35. The monoisotopic (exact) mass is 390 g/mol. The van der Waals surface area contributed by atoms with Gasteiger partial charge in [-0.05, 0) is 11.6 Å². The number of nitrogens with zero attached hydrogens (tertiary/aromatic N) is 4. The molecule has 1 saturated heterocycles. The van der Waals surface area contributed by atoms with E-state index < -0.39 is 0 Å². The van der Waals surface area contributed by atoms with Crippen LogP contribution in [0.3, 0.4) is 0 Å². The van der Waals surface area contributed by atoms with Crippen LogP contribution in [0.1, 0.15) is 10.4 Å². The summed E-state index contributed by atoms with van der Waals surface area (Å²) >= 11 is 1.64. The maximum absolute atomic E-state index is 12.5. The molecule has 28 heavy (non-hydrogen) atoms. The number of thiophene rings is 1. The van der Waals surface area contributed by atoms with E-state index in [1.54, 1.807) is 23.7 Å². The minimum absolute atomic E-state index is 0.0155. The van der Waals surface area contributed by atoms with Crippen LogP contribution < -0.4 is 4.90 Å². The molecule has 0 radical (unpaired) electrons. The van der Waals surface area contributed by atoms with Gasteiger partial charge in [-0.2, -0.15) is 0 Å². The second-order valence-electron chi connectivity index (χ2n) is 6.68. The van der Waals surface area contributed by atoms with Crippen molar-refractivity contribution in [3.63, 3.8) is 0 Å². The molecule has 0 saturated carbocycles. The highest BCUT2D eigenvalue weighted by atomic mass is 32.1. The van der Waals surface area contributed by atoms with E-state index in [4.69, 9.17) is 4.42 Å². The quantitative estimate of drug-likeness (QED) is 0.531. The summed E-state index contributed by atoms with van der Waals surface area (Å²) in [7, 11) is 0. The summed E-state index contributed by atoms with van der Waals surface area (Å²) in [6, 6.07) is 12.0. The number of piperazine rings is 1. The SMILES string of the molecule is O=C(c1ccoc1)N1CCN(c2ncnc3scc(-c4ccccc4)c23)CC1. The molecule has 0 bridgehead atoms. The van der Waals surface area contributed by atoms with Crippen LogP contribution in [-0.4, -0.2) is 47.0 Å². The highest BCUT2D eigenvalue weighted by Gasteiger charge is 2.25. The Morgan fingerprint density at radius 1 is 1.04 bits per heavy atom. The van der Waals surface area contributed by atoms with Crippen molar-refractivity contribution in [2.45, 2.75) is 0 Å². The smallest absolute Gasteiger partial charge is 0.257 e. The van der Waals surface area contributed by atoms with Gasteiger partial charge in [0.1, 0.15) is 23.2 Å². The number of fused-ring (bicyclic) bond motifs is 1. The molecule has 0 spiro atoms. The summed E-state index contributed by atoms with van der Waals surface area (Å²) in [5.74, 6) is 0.960. The van der Waals surface area contributed by atoms with Crippen molar-refractivity contribution in [1.82, 2.24) is 14.9 Å². The third kappa shape index (κ3) is 2.93. The first kappa shape index (κ1) is 16.9. The van der Waals surface area contributed by atoms with E-state index in [0.29, 0.717) is 18.7 Å². The number of hydrogen-bond donors (Lipinski definition) is 0. The van der Waals surface area contributed by atoms with E-state index >= 15 is 0 Å². The third-order valence-electron chi connectivity index (χ3n) is 5.07. The molecule has 4 heterocycles. The summed E-state index contributed by atoms with van der Waals surface area (Å²) in [5.41, 5.74) is 2.92. The zero-order valence-electron chi connectivity index (χ0n) is 15.1. The molecule has 1 aliphatic rings. The Morgan fingerprint density at radius 2 is 1.86 bits per heavy atom. The minimum Gasteiger partial charge on any atom is -0.472 e. The van der Waals surface area contributed by atoms with Crippen molar-refractivity contribution in [1.29, 1.82) is 0 Å². The second kappa shape index (κ2) is 7.09. The van der Waals surface area contributed by atoms with E-state index in [2.05, 4.69) is 32.4 Å². The molecule has 3 aromatic heterocycles. The normalized spacial score (nSPS) is 14.6. The lowest BCUT2D eigenvalue weighted by Crippen LogP contribution is -2.49. The van der Waals surface area contributed by atoms with Gasteiger partial charge in [-0.3, -0.25) is 4.79 Å². The van der Waals surface area contributed by atoms with Gasteiger partial charge in [0.25, 0.3) is 5.91 Å². The first-order valence-corrected chi connectivity index (χ1v) is 10.0. The predicted molar refractivity (Wildman–Crippen MR) is 110 cm³/mol. The molecule has 0 unspecified atom stereocenters. The molecular weight excluding hydrogens is 372 g/mol. The summed E-state index contributed by atoms with van der Waals surface area (Å²) in [6.07, 6.45) is 4.66. The van der Waals surface area contributed by atoms with Crippen LogP contribution in [0, 0.1) is 0 Å². The largest absolute Gasteiger partial charge is 0.472 e. The van der Waals surface area contributed by atoms with Crippen molar-refractivity contribution >= 4 is 33.3 Å². The van der Waals surface area contributed by atoms with Gasteiger partial charge < -0.3 is 14.2 Å². The van der Waals surface area contributed by atoms with Crippen LogP contribution in [0.15, 0.2) is 65.0 Å². The molecule has 7 heteroatoms. The molecular formula is C21H18N4O2S. The van der Waals surface area contributed by atoms with Crippen LogP contribution in [0.25, 0.3) is 21.3 Å². The maximum atomic E-state index is 12.5. The molecule has 140 valence electrons. The fourth-order valence-electron chi connectivity index (χ4n) is 3.62. The average Bonchev–Trinajstić information content (AvgIpc) is 3.44. The Kier molecular flexibility index (Phi) is 4.29. The first-order chi connectivity index (χ1) is 13.8. The zero-order valence-corrected chi connectivity index (χ0v) is 15.9. The highest BCUT2D eigenvalue weighted by Crippen LogP contribution is 2.37.